The monoisotopic (exact) mass is 438 g/mol. The van der Waals surface area contributed by atoms with E-state index in [4.69, 9.17) is 19.6 Å². The first kappa shape index (κ1) is 17.9. The summed E-state index contributed by atoms with van der Waals surface area (Å²) in [5.41, 5.74) is -1.10. The fraction of sp³-hybridized carbons (Fsp3) is 1.00. The normalized spacial score (nSPS) is 16.1. The maximum absolute atomic E-state index is 6.53. The molecule has 17 heavy (non-hydrogen) atoms. The average molecular weight is 439 g/mol. The third kappa shape index (κ3) is 10.5. The molecular formula is C12H27ClO3W. The van der Waals surface area contributed by atoms with Gasteiger partial charge in [-0.05, 0) is 0 Å². The summed E-state index contributed by atoms with van der Waals surface area (Å²) in [6.07, 6.45) is 0. The van der Waals surface area contributed by atoms with Gasteiger partial charge in [-0.25, -0.2) is 0 Å². The van der Waals surface area contributed by atoms with Gasteiger partial charge in [0.15, 0.2) is 0 Å². The van der Waals surface area contributed by atoms with Crippen molar-refractivity contribution < 1.29 is 26.3 Å². The molecular weight excluding hydrogens is 411 g/mol. The van der Waals surface area contributed by atoms with Crippen LogP contribution in [0.3, 0.4) is 0 Å². The van der Waals surface area contributed by atoms with E-state index in [-0.39, 0.29) is 16.8 Å². The quantitative estimate of drug-likeness (QED) is 0.650. The van der Waals surface area contributed by atoms with Crippen LogP contribution in [0.5, 0.6) is 0 Å². The van der Waals surface area contributed by atoms with Crippen molar-refractivity contribution in [3.05, 3.63) is 0 Å². The van der Waals surface area contributed by atoms with Crippen molar-refractivity contribution >= 4 is 9.42 Å². The maximum atomic E-state index is 6.53. The Morgan fingerprint density at radius 1 is 0.588 bits per heavy atom. The van der Waals surface area contributed by atoms with Crippen LogP contribution in [0.25, 0.3) is 0 Å². The topological polar surface area (TPSA) is 27.7 Å². The molecule has 0 aromatic heterocycles. The minimum atomic E-state index is -3.99. The van der Waals surface area contributed by atoms with Crippen LogP contribution in [0.2, 0.25) is 0 Å². The molecule has 0 N–H and O–H groups in total. The molecule has 106 valence electrons. The number of hydrogen-bond donors (Lipinski definition) is 0. The standard InChI is InChI=1S/3C4H9O.ClH.W/c3*1-4(2,3)5;;/h3*1-3H3;1H;/q3*-1;;+4/p-1. The van der Waals surface area contributed by atoms with E-state index >= 15 is 0 Å². The molecule has 0 aliphatic carbocycles. The molecule has 0 atom stereocenters. The van der Waals surface area contributed by atoms with Gasteiger partial charge in [0, 0.05) is 0 Å². The second-order valence-electron chi connectivity index (χ2n) is 6.98. The molecule has 0 heterocycles. The summed E-state index contributed by atoms with van der Waals surface area (Å²) in [6.45, 7) is 17.6. The summed E-state index contributed by atoms with van der Waals surface area (Å²) >= 11 is -3.99. The van der Waals surface area contributed by atoms with Gasteiger partial charge in [-0.15, -0.1) is 0 Å². The van der Waals surface area contributed by atoms with Gasteiger partial charge in [0.05, 0.1) is 0 Å². The van der Waals surface area contributed by atoms with Crippen molar-refractivity contribution in [1.29, 1.82) is 0 Å². The van der Waals surface area contributed by atoms with Gasteiger partial charge in [0.25, 0.3) is 0 Å². The van der Waals surface area contributed by atoms with Crippen molar-refractivity contribution in [3.8, 4) is 0 Å². The Hall–Kier alpha value is 0.858. The SMILES string of the molecule is CC(C)(C)[O][W]([Cl])([O]C(C)(C)C)[O]C(C)(C)C. The molecule has 0 bridgehead atoms. The molecule has 0 saturated carbocycles. The summed E-state index contributed by atoms with van der Waals surface area (Å²) in [5.74, 6) is 0. The molecule has 0 fully saturated rings. The van der Waals surface area contributed by atoms with Crippen molar-refractivity contribution in [2.45, 2.75) is 79.1 Å². The van der Waals surface area contributed by atoms with E-state index in [0.717, 1.165) is 0 Å². The van der Waals surface area contributed by atoms with Crippen LogP contribution in [-0.2, 0) is 26.3 Å². The molecule has 0 radical (unpaired) electrons. The molecule has 0 unspecified atom stereocenters. The predicted octanol–water partition coefficient (Wildman–Crippen LogP) is 4.48. The Morgan fingerprint density at radius 2 is 0.765 bits per heavy atom. The van der Waals surface area contributed by atoms with E-state index in [1.54, 1.807) is 0 Å². The van der Waals surface area contributed by atoms with E-state index in [2.05, 4.69) is 0 Å². The Balaban J connectivity index is 4.95. The number of halogens is 1. The van der Waals surface area contributed by atoms with Gasteiger partial charge in [-0.1, -0.05) is 0 Å². The summed E-state index contributed by atoms with van der Waals surface area (Å²) < 4.78 is 17.7. The van der Waals surface area contributed by atoms with E-state index in [1.807, 2.05) is 62.3 Å². The first-order chi connectivity index (χ1) is 7.12. The third-order valence-corrected chi connectivity index (χ3v) is 10.1. The van der Waals surface area contributed by atoms with E-state index in [9.17, 15) is 0 Å². The Bertz CT molecular complexity index is 207. The molecule has 5 heteroatoms. The van der Waals surface area contributed by atoms with E-state index < -0.39 is 16.2 Å². The van der Waals surface area contributed by atoms with Crippen molar-refractivity contribution in [3.63, 3.8) is 0 Å². The van der Waals surface area contributed by atoms with Gasteiger partial charge in [0.1, 0.15) is 0 Å². The van der Waals surface area contributed by atoms with Gasteiger partial charge >= 0.3 is 115 Å². The average Bonchev–Trinajstić information content (AvgIpc) is 1.65. The van der Waals surface area contributed by atoms with Crippen LogP contribution in [0.15, 0.2) is 0 Å². The van der Waals surface area contributed by atoms with Crippen molar-refractivity contribution in [2.75, 3.05) is 0 Å². The molecule has 0 aliphatic rings. The van der Waals surface area contributed by atoms with Gasteiger partial charge in [0.2, 0.25) is 0 Å². The molecule has 0 rings (SSSR count). The minimum absolute atomic E-state index is 0.367. The summed E-state index contributed by atoms with van der Waals surface area (Å²) in [6, 6.07) is 0. The van der Waals surface area contributed by atoms with E-state index in [1.165, 1.54) is 0 Å². The summed E-state index contributed by atoms with van der Waals surface area (Å²) in [4.78, 5) is 0. The molecule has 0 spiro atoms. The predicted molar refractivity (Wildman–Crippen MR) is 68.4 cm³/mol. The van der Waals surface area contributed by atoms with Crippen molar-refractivity contribution in [2.24, 2.45) is 0 Å². The molecule has 0 saturated heterocycles. The van der Waals surface area contributed by atoms with E-state index in [0.29, 0.717) is 0 Å². The zero-order chi connectivity index (χ0) is 14.1. The van der Waals surface area contributed by atoms with Gasteiger partial charge in [-0.2, -0.15) is 0 Å². The molecule has 0 aromatic rings. The van der Waals surface area contributed by atoms with Gasteiger partial charge in [-0.3, -0.25) is 0 Å². The molecule has 0 amide bonds. The zero-order valence-electron chi connectivity index (χ0n) is 12.5. The Kier molecular flexibility index (Phi) is 5.74. The number of rotatable bonds is 3. The van der Waals surface area contributed by atoms with Crippen LogP contribution in [0, 0.1) is 0 Å². The van der Waals surface area contributed by atoms with Crippen LogP contribution in [-0.4, -0.2) is 16.8 Å². The first-order valence-corrected chi connectivity index (χ1v) is 13.0. The fourth-order valence-corrected chi connectivity index (χ4v) is 12.4. The zero-order valence-corrected chi connectivity index (χ0v) is 16.2. The van der Waals surface area contributed by atoms with Crippen LogP contribution >= 0.6 is 9.42 Å². The molecule has 3 nitrogen and oxygen atoms in total. The molecule has 0 aliphatic heterocycles. The van der Waals surface area contributed by atoms with Crippen LogP contribution in [0.4, 0.5) is 0 Å². The fourth-order valence-electron chi connectivity index (χ4n) is 0.947. The summed E-state index contributed by atoms with van der Waals surface area (Å²) in [5, 5.41) is 0. The van der Waals surface area contributed by atoms with Crippen molar-refractivity contribution in [1.82, 2.24) is 0 Å². The van der Waals surface area contributed by atoms with Gasteiger partial charge < -0.3 is 0 Å². The van der Waals surface area contributed by atoms with Crippen LogP contribution in [0.1, 0.15) is 62.3 Å². The molecule has 0 aromatic carbocycles. The Morgan fingerprint density at radius 3 is 0.882 bits per heavy atom. The summed E-state index contributed by atoms with van der Waals surface area (Å²) in [7, 11) is 6.53. The second-order valence-corrected chi connectivity index (χ2v) is 14.7. The number of hydrogen-bond acceptors (Lipinski definition) is 3. The third-order valence-electron chi connectivity index (χ3n) is 1.05. The van der Waals surface area contributed by atoms with Crippen LogP contribution < -0.4 is 0 Å². The second kappa shape index (κ2) is 5.46. The first-order valence-electron chi connectivity index (χ1n) is 5.77. The Labute approximate surface area is 115 Å².